The molecule has 0 aromatic carbocycles. The van der Waals surface area contributed by atoms with Crippen molar-refractivity contribution in [3.05, 3.63) is 0 Å². The van der Waals surface area contributed by atoms with Gasteiger partial charge < -0.3 is 5.11 Å². The highest BCUT2D eigenvalue weighted by Crippen LogP contribution is 2.32. The number of rotatable bonds is 3. The molecular weight excluding hydrogens is 262 g/mol. The van der Waals surface area contributed by atoms with Crippen molar-refractivity contribution in [1.82, 2.24) is 4.31 Å². The van der Waals surface area contributed by atoms with Gasteiger partial charge in [-0.15, -0.1) is 0 Å². The molecule has 1 aliphatic heterocycles. The Morgan fingerprint density at radius 1 is 1.21 bits per heavy atom. The quantitative estimate of drug-likeness (QED) is 0.864. The van der Waals surface area contributed by atoms with Gasteiger partial charge in [0, 0.05) is 13.1 Å². The molecule has 0 amide bonds. The van der Waals surface area contributed by atoms with Gasteiger partial charge >= 0.3 is 0 Å². The van der Waals surface area contributed by atoms with Crippen LogP contribution in [0, 0.1) is 11.3 Å². The summed E-state index contributed by atoms with van der Waals surface area (Å²) in [6.45, 7) is 5.10. The summed E-state index contributed by atoms with van der Waals surface area (Å²) in [4.78, 5) is 0. The Morgan fingerprint density at radius 3 is 2.47 bits per heavy atom. The van der Waals surface area contributed by atoms with Gasteiger partial charge in [0.1, 0.15) is 0 Å². The Balaban J connectivity index is 2.05. The van der Waals surface area contributed by atoms with E-state index in [2.05, 4.69) is 0 Å². The van der Waals surface area contributed by atoms with Crippen molar-refractivity contribution < 1.29 is 13.5 Å². The van der Waals surface area contributed by atoms with Gasteiger partial charge in [-0.05, 0) is 37.0 Å². The fourth-order valence-electron chi connectivity index (χ4n) is 3.47. The predicted octanol–water partition coefficient (Wildman–Crippen LogP) is 1.99. The predicted molar refractivity (Wildman–Crippen MR) is 76.3 cm³/mol. The average Bonchev–Trinajstić information content (AvgIpc) is 2.69. The zero-order valence-corrected chi connectivity index (χ0v) is 13.0. The summed E-state index contributed by atoms with van der Waals surface area (Å²) in [7, 11) is -3.16. The van der Waals surface area contributed by atoms with Crippen molar-refractivity contribution in [2.45, 2.75) is 58.5 Å². The molecule has 0 aromatic heterocycles. The van der Waals surface area contributed by atoms with E-state index in [1.54, 1.807) is 4.31 Å². The SMILES string of the molecule is CC1(C)CC(O)CCN(S(=O)(=O)CC2CCCC2)C1. The molecule has 0 spiro atoms. The van der Waals surface area contributed by atoms with Crippen molar-refractivity contribution in [2.24, 2.45) is 11.3 Å². The van der Waals surface area contributed by atoms with Crippen molar-refractivity contribution in [3.8, 4) is 0 Å². The largest absolute Gasteiger partial charge is 0.393 e. The molecule has 1 unspecified atom stereocenters. The average molecular weight is 289 g/mol. The molecule has 1 atom stereocenters. The number of sulfonamides is 1. The van der Waals surface area contributed by atoms with Crippen LogP contribution in [0.3, 0.4) is 0 Å². The fourth-order valence-corrected chi connectivity index (χ4v) is 5.54. The molecule has 0 aromatic rings. The summed E-state index contributed by atoms with van der Waals surface area (Å²) < 4.78 is 26.7. The Kier molecular flexibility index (Phi) is 4.58. The molecule has 1 N–H and O–H groups in total. The van der Waals surface area contributed by atoms with E-state index in [1.165, 1.54) is 12.8 Å². The third-order valence-corrected chi connectivity index (χ3v) is 6.41. The first kappa shape index (κ1) is 15.3. The minimum atomic E-state index is -3.16. The molecule has 0 bridgehead atoms. The Hall–Kier alpha value is -0.130. The van der Waals surface area contributed by atoms with E-state index in [4.69, 9.17) is 0 Å². The monoisotopic (exact) mass is 289 g/mol. The van der Waals surface area contributed by atoms with E-state index in [-0.39, 0.29) is 11.5 Å². The Morgan fingerprint density at radius 2 is 1.84 bits per heavy atom. The summed E-state index contributed by atoms with van der Waals surface area (Å²) in [5.41, 5.74) is -0.140. The number of hydrogen-bond donors (Lipinski definition) is 1. The van der Waals surface area contributed by atoms with Gasteiger partial charge in [-0.1, -0.05) is 26.7 Å². The van der Waals surface area contributed by atoms with Gasteiger partial charge in [-0.2, -0.15) is 0 Å². The number of aliphatic hydroxyl groups excluding tert-OH is 1. The van der Waals surface area contributed by atoms with Crippen LogP contribution in [0.15, 0.2) is 0 Å². The van der Waals surface area contributed by atoms with E-state index >= 15 is 0 Å². The van der Waals surface area contributed by atoms with Crippen LogP contribution in [0.4, 0.5) is 0 Å². The lowest BCUT2D eigenvalue weighted by atomic mass is 9.87. The van der Waals surface area contributed by atoms with Gasteiger partial charge in [0.25, 0.3) is 0 Å². The first-order valence-corrected chi connectivity index (χ1v) is 9.05. The first-order chi connectivity index (χ1) is 8.78. The van der Waals surface area contributed by atoms with Crippen LogP contribution in [0.25, 0.3) is 0 Å². The molecule has 0 radical (unpaired) electrons. The van der Waals surface area contributed by atoms with Crippen LogP contribution in [-0.2, 0) is 10.0 Å². The zero-order chi connectivity index (χ0) is 14.1. The molecule has 2 rings (SSSR count). The lowest BCUT2D eigenvalue weighted by Gasteiger charge is -2.29. The van der Waals surface area contributed by atoms with Gasteiger partial charge in [0.2, 0.25) is 10.0 Å². The molecule has 1 heterocycles. The molecule has 2 aliphatic rings. The Labute approximate surface area is 117 Å². The molecule has 112 valence electrons. The summed E-state index contributed by atoms with van der Waals surface area (Å²) in [5.74, 6) is 0.653. The van der Waals surface area contributed by atoms with Crippen LogP contribution in [0.5, 0.6) is 0 Å². The summed E-state index contributed by atoms with van der Waals surface area (Å²) >= 11 is 0. The second-order valence-corrected chi connectivity index (χ2v) is 9.09. The van der Waals surface area contributed by atoms with E-state index in [9.17, 15) is 13.5 Å². The van der Waals surface area contributed by atoms with Crippen molar-refractivity contribution in [1.29, 1.82) is 0 Å². The summed E-state index contributed by atoms with van der Waals surface area (Å²) in [6, 6.07) is 0. The fraction of sp³-hybridized carbons (Fsp3) is 1.00. The Bertz CT molecular complexity index is 399. The lowest BCUT2D eigenvalue weighted by molar-refractivity contribution is 0.122. The van der Waals surface area contributed by atoms with Gasteiger partial charge in [0.15, 0.2) is 0 Å². The highest BCUT2D eigenvalue weighted by atomic mass is 32.2. The third-order valence-electron chi connectivity index (χ3n) is 4.42. The van der Waals surface area contributed by atoms with Crippen molar-refractivity contribution in [3.63, 3.8) is 0 Å². The molecule has 1 saturated carbocycles. The van der Waals surface area contributed by atoms with Crippen molar-refractivity contribution in [2.75, 3.05) is 18.8 Å². The van der Waals surface area contributed by atoms with E-state index in [0.717, 1.165) is 12.8 Å². The smallest absolute Gasteiger partial charge is 0.214 e. The second-order valence-electron chi connectivity index (χ2n) is 7.07. The molecule has 1 saturated heterocycles. The molecule has 1 aliphatic carbocycles. The standard InChI is InChI=1S/C14H27NO3S/c1-14(2)9-13(16)7-8-15(11-14)19(17,18)10-12-5-3-4-6-12/h12-13,16H,3-11H2,1-2H3. The minimum Gasteiger partial charge on any atom is -0.393 e. The van der Waals surface area contributed by atoms with Crippen molar-refractivity contribution >= 4 is 10.0 Å². The third kappa shape index (κ3) is 4.17. The van der Waals surface area contributed by atoms with Gasteiger partial charge in [-0.25, -0.2) is 12.7 Å². The van der Waals surface area contributed by atoms with Crippen LogP contribution in [0.1, 0.15) is 52.4 Å². The van der Waals surface area contributed by atoms with E-state index in [0.29, 0.717) is 37.6 Å². The highest BCUT2D eigenvalue weighted by molar-refractivity contribution is 7.89. The number of hydrogen-bond acceptors (Lipinski definition) is 3. The lowest BCUT2D eigenvalue weighted by Crippen LogP contribution is -2.40. The number of aliphatic hydroxyl groups is 1. The summed E-state index contributed by atoms with van der Waals surface area (Å²) in [5, 5.41) is 9.87. The molecule has 19 heavy (non-hydrogen) atoms. The zero-order valence-electron chi connectivity index (χ0n) is 12.1. The minimum absolute atomic E-state index is 0.140. The molecule has 2 fully saturated rings. The van der Waals surface area contributed by atoms with Gasteiger partial charge in [0.05, 0.1) is 11.9 Å². The maximum absolute atomic E-state index is 12.5. The maximum atomic E-state index is 12.5. The normalized spacial score (nSPS) is 30.4. The molecular formula is C14H27NO3S. The number of nitrogens with zero attached hydrogens (tertiary/aromatic N) is 1. The topological polar surface area (TPSA) is 57.6 Å². The van der Waals surface area contributed by atoms with E-state index < -0.39 is 10.0 Å². The maximum Gasteiger partial charge on any atom is 0.214 e. The molecule has 4 nitrogen and oxygen atoms in total. The van der Waals surface area contributed by atoms with Crippen LogP contribution >= 0.6 is 0 Å². The van der Waals surface area contributed by atoms with E-state index in [1.807, 2.05) is 13.8 Å². The summed E-state index contributed by atoms with van der Waals surface area (Å²) in [6.07, 6.45) is 5.32. The van der Waals surface area contributed by atoms with Gasteiger partial charge in [-0.3, -0.25) is 0 Å². The second kappa shape index (κ2) is 5.70. The van der Waals surface area contributed by atoms with Crippen LogP contribution < -0.4 is 0 Å². The first-order valence-electron chi connectivity index (χ1n) is 7.44. The molecule has 5 heteroatoms. The highest BCUT2D eigenvalue weighted by Gasteiger charge is 2.35. The van der Waals surface area contributed by atoms with Crippen LogP contribution in [-0.4, -0.2) is 42.8 Å². The van der Waals surface area contributed by atoms with Crippen LogP contribution in [0.2, 0.25) is 0 Å².